The van der Waals surface area contributed by atoms with Crippen molar-refractivity contribution in [3.63, 3.8) is 0 Å². The van der Waals surface area contributed by atoms with Gasteiger partial charge in [0.05, 0.1) is 18.2 Å². The van der Waals surface area contributed by atoms with Crippen molar-refractivity contribution in [3.05, 3.63) is 10.4 Å². The van der Waals surface area contributed by atoms with E-state index in [1.807, 2.05) is 0 Å². The number of aliphatic hydroxyl groups is 1. The summed E-state index contributed by atoms with van der Waals surface area (Å²) in [7, 11) is 0. The fourth-order valence-electron chi connectivity index (χ4n) is 1.68. The van der Waals surface area contributed by atoms with Crippen LogP contribution in [0.25, 0.3) is 10.4 Å². The van der Waals surface area contributed by atoms with E-state index in [-0.39, 0.29) is 12.1 Å². The van der Waals surface area contributed by atoms with Gasteiger partial charge in [0.1, 0.15) is 0 Å². The van der Waals surface area contributed by atoms with Crippen LogP contribution in [-0.2, 0) is 4.74 Å². The topological polar surface area (TPSA) is 78.2 Å². The molecule has 0 aromatic carbocycles. The van der Waals surface area contributed by atoms with Crippen LogP contribution >= 0.6 is 0 Å². The summed E-state index contributed by atoms with van der Waals surface area (Å²) in [5.74, 6) is 0. The molecule has 1 saturated carbocycles. The van der Waals surface area contributed by atoms with E-state index >= 15 is 0 Å². The highest BCUT2D eigenvalue weighted by Gasteiger charge is 2.34. The fraction of sp³-hybridized carbons (Fsp3) is 1.00. The SMILES string of the molecule is CCCCO[C@H]1CC[C@@H](N=[N+]=[N-])[C@@H]1O. The Morgan fingerprint density at radius 3 is 3.00 bits per heavy atom. The lowest BCUT2D eigenvalue weighted by atomic mass is 10.2. The van der Waals surface area contributed by atoms with Crippen molar-refractivity contribution in [1.29, 1.82) is 0 Å². The van der Waals surface area contributed by atoms with Crippen LogP contribution < -0.4 is 0 Å². The Hall–Kier alpha value is -0.770. The molecule has 3 atom stereocenters. The van der Waals surface area contributed by atoms with Gasteiger partial charge in [0.25, 0.3) is 0 Å². The van der Waals surface area contributed by atoms with Gasteiger partial charge in [-0.1, -0.05) is 18.5 Å². The Morgan fingerprint density at radius 1 is 1.57 bits per heavy atom. The van der Waals surface area contributed by atoms with E-state index < -0.39 is 6.10 Å². The van der Waals surface area contributed by atoms with E-state index in [2.05, 4.69) is 16.9 Å². The summed E-state index contributed by atoms with van der Waals surface area (Å²) < 4.78 is 5.50. The van der Waals surface area contributed by atoms with Gasteiger partial charge in [-0.05, 0) is 24.8 Å². The van der Waals surface area contributed by atoms with E-state index in [1.165, 1.54) is 0 Å². The summed E-state index contributed by atoms with van der Waals surface area (Å²) in [6.45, 7) is 2.78. The van der Waals surface area contributed by atoms with Gasteiger partial charge in [0.2, 0.25) is 0 Å². The molecule has 14 heavy (non-hydrogen) atoms. The van der Waals surface area contributed by atoms with Gasteiger partial charge in [-0.3, -0.25) is 0 Å². The smallest absolute Gasteiger partial charge is 0.0886 e. The lowest BCUT2D eigenvalue weighted by Crippen LogP contribution is -2.29. The first-order valence-electron chi connectivity index (χ1n) is 5.13. The largest absolute Gasteiger partial charge is 0.390 e. The first-order chi connectivity index (χ1) is 6.79. The number of hydrogen-bond donors (Lipinski definition) is 1. The van der Waals surface area contributed by atoms with Crippen molar-refractivity contribution in [2.75, 3.05) is 6.61 Å². The van der Waals surface area contributed by atoms with Crippen LogP contribution in [0.1, 0.15) is 32.6 Å². The minimum atomic E-state index is -0.622. The highest BCUT2D eigenvalue weighted by Crippen LogP contribution is 2.25. The molecular formula is C9H17N3O2. The third kappa shape index (κ3) is 2.87. The first kappa shape index (κ1) is 11.3. The molecule has 0 aromatic heterocycles. The summed E-state index contributed by atoms with van der Waals surface area (Å²) in [4.78, 5) is 2.71. The first-order valence-corrected chi connectivity index (χ1v) is 5.13. The third-order valence-corrected chi connectivity index (χ3v) is 2.55. The van der Waals surface area contributed by atoms with Gasteiger partial charge < -0.3 is 9.84 Å². The molecular weight excluding hydrogens is 182 g/mol. The number of ether oxygens (including phenoxy) is 1. The molecule has 5 nitrogen and oxygen atoms in total. The molecule has 0 aliphatic heterocycles. The van der Waals surface area contributed by atoms with Crippen LogP contribution in [0.2, 0.25) is 0 Å². The highest BCUT2D eigenvalue weighted by atomic mass is 16.5. The van der Waals surface area contributed by atoms with Gasteiger partial charge >= 0.3 is 0 Å². The molecule has 1 aliphatic rings. The lowest BCUT2D eigenvalue weighted by Gasteiger charge is -2.17. The van der Waals surface area contributed by atoms with Crippen LogP contribution in [0.4, 0.5) is 0 Å². The number of aliphatic hydroxyl groups excluding tert-OH is 1. The summed E-state index contributed by atoms with van der Waals surface area (Å²) in [5, 5.41) is 13.2. The Bertz CT molecular complexity index is 216. The van der Waals surface area contributed by atoms with E-state index in [1.54, 1.807) is 0 Å². The summed E-state index contributed by atoms with van der Waals surface area (Å²) in [6.07, 6.45) is 2.84. The molecule has 1 rings (SSSR count). The molecule has 1 aliphatic carbocycles. The summed E-state index contributed by atoms with van der Waals surface area (Å²) >= 11 is 0. The van der Waals surface area contributed by atoms with Crippen molar-refractivity contribution in [3.8, 4) is 0 Å². The number of unbranched alkanes of at least 4 members (excludes halogenated alkanes) is 1. The van der Waals surface area contributed by atoms with Crippen molar-refractivity contribution < 1.29 is 9.84 Å². The molecule has 0 heterocycles. The predicted molar refractivity (Wildman–Crippen MR) is 52.8 cm³/mol. The van der Waals surface area contributed by atoms with Crippen molar-refractivity contribution in [2.24, 2.45) is 5.11 Å². The second-order valence-corrected chi connectivity index (χ2v) is 3.60. The van der Waals surface area contributed by atoms with Crippen LogP contribution in [-0.4, -0.2) is 30.0 Å². The lowest BCUT2D eigenvalue weighted by molar-refractivity contribution is -0.0235. The minimum absolute atomic E-state index is 0.142. The second kappa shape index (κ2) is 5.86. The molecule has 1 N–H and O–H groups in total. The number of rotatable bonds is 5. The maximum atomic E-state index is 9.69. The predicted octanol–water partition coefficient (Wildman–Crippen LogP) is 2.01. The van der Waals surface area contributed by atoms with Gasteiger partial charge in [0.15, 0.2) is 0 Å². The summed E-state index contributed by atoms with van der Waals surface area (Å²) in [5.41, 5.74) is 8.25. The molecule has 5 heteroatoms. The highest BCUT2D eigenvalue weighted by molar-refractivity contribution is 4.90. The average molecular weight is 199 g/mol. The third-order valence-electron chi connectivity index (χ3n) is 2.55. The monoisotopic (exact) mass is 199 g/mol. The van der Waals surface area contributed by atoms with E-state index in [0.29, 0.717) is 6.61 Å². The molecule has 0 bridgehead atoms. The molecule has 0 aromatic rings. The van der Waals surface area contributed by atoms with E-state index in [0.717, 1.165) is 25.7 Å². The zero-order chi connectivity index (χ0) is 10.4. The maximum Gasteiger partial charge on any atom is 0.0886 e. The van der Waals surface area contributed by atoms with E-state index in [4.69, 9.17) is 10.3 Å². The number of nitrogens with zero attached hydrogens (tertiary/aromatic N) is 3. The summed E-state index contributed by atoms with van der Waals surface area (Å²) in [6, 6.07) is -0.299. The molecule has 0 radical (unpaired) electrons. The Labute approximate surface area is 83.7 Å². The van der Waals surface area contributed by atoms with Gasteiger partial charge in [-0.25, -0.2) is 0 Å². The van der Waals surface area contributed by atoms with Crippen LogP contribution in [0.5, 0.6) is 0 Å². The Morgan fingerprint density at radius 2 is 2.36 bits per heavy atom. The maximum absolute atomic E-state index is 9.69. The quantitative estimate of drug-likeness (QED) is 0.318. The standard InChI is InChI=1S/C9H17N3O2/c1-2-3-6-14-8-5-4-7(9(8)13)11-12-10/h7-9,13H,2-6H2,1H3/t7-,8+,9+/m1/s1. The molecule has 0 amide bonds. The fourth-order valence-corrected chi connectivity index (χ4v) is 1.68. The normalized spacial score (nSPS) is 31.4. The van der Waals surface area contributed by atoms with Gasteiger partial charge in [-0.2, -0.15) is 0 Å². The molecule has 0 spiro atoms. The van der Waals surface area contributed by atoms with Crippen molar-refractivity contribution in [2.45, 2.75) is 50.9 Å². The van der Waals surface area contributed by atoms with E-state index in [9.17, 15) is 5.11 Å². The van der Waals surface area contributed by atoms with Crippen LogP contribution in [0, 0.1) is 0 Å². The van der Waals surface area contributed by atoms with Gasteiger partial charge in [0, 0.05) is 11.5 Å². The average Bonchev–Trinajstić information content (AvgIpc) is 2.51. The van der Waals surface area contributed by atoms with Gasteiger partial charge in [-0.15, -0.1) is 0 Å². The van der Waals surface area contributed by atoms with Crippen LogP contribution in [0.3, 0.4) is 0 Å². The Balaban J connectivity index is 2.31. The number of azide groups is 1. The zero-order valence-electron chi connectivity index (χ0n) is 8.46. The van der Waals surface area contributed by atoms with Crippen molar-refractivity contribution >= 4 is 0 Å². The minimum Gasteiger partial charge on any atom is -0.390 e. The Kier molecular flexibility index (Phi) is 4.73. The van der Waals surface area contributed by atoms with Crippen molar-refractivity contribution in [1.82, 2.24) is 0 Å². The molecule has 0 unspecified atom stereocenters. The number of hydrogen-bond acceptors (Lipinski definition) is 3. The molecule has 80 valence electrons. The zero-order valence-corrected chi connectivity index (χ0v) is 8.46. The second-order valence-electron chi connectivity index (χ2n) is 3.60. The molecule has 0 saturated heterocycles. The molecule has 1 fully saturated rings. The van der Waals surface area contributed by atoms with Crippen LogP contribution in [0.15, 0.2) is 5.11 Å².